The van der Waals surface area contributed by atoms with Crippen LogP contribution < -0.4 is 5.32 Å². The molecule has 0 bridgehead atoms. The molecular weight excluding hydrogens is 206 g/mol. The van der Waals surface area contributed by atoms with Crippen molar-refractivity contribution in [1.82, 2.24) is 5.32 Å². The molecular formula is C12H19NOS. The Kier molecular flexibility index (Phi) is 3.42. The van der Waals surface area contributed by atoms with E-state index in [1.165, 1.54) is 12.0 Å². The highest BCUT2D eigenvalue weighted by Crippen LogP contribution is 2.29. The third-order valence-electron chi connectivity index (χ3n) is 2.94. The van der Waals surface area contributed by atoms with Gasteiger partial charge < -0.3 is 9.73 Å². The Balaban J connectivity index is 2.12. The van der Waals surface area contributed by atoms with E-state index in [0.29, 0.717) is 6.04 Å². The summed E-state index contributed by atoms with van der Waals surface area (Å²) in [6, 6.07) is 2.64. The van der Waals surface area contributed by atoms with Gasteiger partial charge in [0.15, 0.2) is 0 Å². The van der Waals surface area contributed by atoms with Gasteiger partial charge in [-0.3, -0.25) is 0 Å². The minimum Gasteiger partial charge on any atom is -0.466 e. The molecule has 2 heterocycles. The Labute approximate surface area is 95.8 Å². The van der Waals surface area contributed by atoms with Gasteiger partial charge in [0.05, 0.1) is 0 Å². The van der Waals surface area contributed by atoms with Crippen LogP contribution in [0.3, 0.4) is 0 Å². The van der Waals surface area contributed by atoms with Crippen molar-refractivity contribution in [2.75, 3.05) is 12.3 Å². The summed E-state index contributed by atoms with van der Waals surface area (Å²) in [5.41, 5.74) is 1.34. The van der Waals surface area contributed by atoms with Crippen molar-refractivity contribution >= 4 is 11.8 Å². The molecule has 0 spiro atoms. The van der Waals surface area contributed by atoms with Gasteiger partial charge in [-0.2, -0.15) is 11.8 Å². The van der Waals surface area contributed by atoms with Crippen molar-refractivity contribution in [3.05, 3.63) is 23.2 Å². The fourth-order valence-corrected chi connectivity index (χ4v) is 3.16. The molecule has 2 unspecified atom stereocenters. The minimum atomic E-state index is 0.470. The van der Waals surface area contributed by atoms with Gasteiger partial charge in [-0.1, -0.05) is 6.92 Å². The van der Waals surface area contributed by atoms with E-state index >= 15 is 0 Å². The zero-order chi connectivity index (χ0) is 10.8. The van der Waals surface area contributed by atoms with Gasteiger partial charge in [0.2, 0.25) is 0 Å². The molecule has 1 aliphatic heterocycles. The van der Waals surface area contributed by atoms with Gasteiger partial charge in [-0.25, -0.2) is 0 Å². The summed E-state index contributed by atoms with van der Waals surface area (Å²) < 4.78 is 5.59. The van der Waals surface area contributed by atoms with Crippen LogP contribution in [0.25, 0.3) is 0 Å². The molecule has 0 saturated carbocycles. The Morgan fingerprint density at radius 3 is 2.93 bits per heavy atom. The van der Waals surface area contributed by atoms with Crippen LogP contribution in [0, 0.1) is 13.8 Å². The van der Waals surface area contributed by atoms with Gasteiger partial charge in [0.25, 0.3) is 0 Å². The van der Waals surface area contributed by atoms with Crippen molar-refractivity contribution in [1.29, 1.82) is 0 Å². The van der Waals surface area contributed by atoms with Gasteiger partial charge >= 0.3 is 0 Å². The van der Waals surface area contributed by atoms with Crippen LogP contribution in [0.2, 0.25) is 0 Å². The number of thioether (sulfide) groups is 1. The van der Waals surface area contributed by atoms with Crippen molar-refractivity contribution in [2.45, 2.75) is 38.5 Å². The number of aryl methyl sites for hydroxylation is 2. The number of hydrogen-bond donors (Lipinski definition) is 1. The number of furan rings is 1. The normalized spacial score (nSPS) is 27.7. The highest BCUT2D eigenvalue weighted by molar-refractivity contribution is 7.99. The Morgan fingerprint density at radius 2 is 2.27 bits per heavy atom. The second kappa shape index (κ2) is 4.62. The summed E-state index contributed by atoms with van der Waals surface area (Å²) in [7, 11) is 0. The quantitative estimate of drug-likeness (QED) is 0.795. The molecule has 84 valence electrons. The molecule has 2 nitrogen and oxygen atoms in total. The van der Waals surface area contributed by atoms with E-state index in [9.17, 15) is 0 Å². The molecule has 1 aliphatic rings. The Bertz CT molecular complexity index is 334. The number of nitrogens with one attached hydrogen (secondary N) is 1. The Morgan fingerprint density at radius 1 is 1.47 bits per heavy atom. The van der Waals surface area contributed by atoms with Crippen LogP contribution >= 0.6 is 11.8 Å². The highest BCUT2D eigenvalue weighted by atomic mass is 32.2. The minimum absolute atomic E-state index is 0.470. The van der Waals surface area contributed by atoms with E-state index in [0.717, 1.165) is 29.1 Å². The molecule has 0 aliphatic carbocycles. The first-order valence-electron chi connectivity index (χ1n) is 5.58. The summed E-state index contributed by atoms with van der Waals surface area (Å²) in [5, 5.41) is 4.38. The van der Waals surface area contributed by atoms with E-state index < -0.39 is 0 Å². The third kappa shape index (κ3) is 2.58. The SMILES string of the molecule is Cc1cc(C2CSC(C)CCN2)c(C)o1. The number of hydrogen-bond acceptors (Lipinski definition) is 3. The third-order valence-corrected chi connectivity index (χ3v) is 4.27. The van der Waals surface area contributed by atoms with Crippen LogP contribution in [0.1, 0.15) is 36.5 Å². The molecule has 0 radical (unpaired) electrons. The van der Waals surface area contributed by atoms with Crippen molar-refractivity contribution < 1.29 is 4.42 Å². The van der Waals surface area contributed by atoms with Crippen molar-refractivity contribution in [3.8, 4) is 0 Å². The van der Waals surface area contributed by atoms with Crippen LogP contribution in [-0.2, 0) is 0 Å². The largest absolute Gasteiger partial charge is 0.466 e. The fraction of sp³-hybridized carbons (Fsp3) is 0.667. The molecule has 2 atom stereocenters. The van der Waals surface area contributed by atoms with E-state index in [1.54, 1.807) is 0 Å². The molecule has 15 heavy (non-hydrogen) atoms. The first-order valence-corrected chi connectivity index (χ1v) is 6.63. The Hall–Kier alpha value is -0.410. The summed E-state index contributed by atoms with van der Waals surface area (Å²) in [6.45, 7) is 7.50. The zero-order valence-corrected chi connectivity index (χ0v) is 10.5. The molecule has 0 amide bonds. The maximum absolute atomic E-state index is 5.59. The summed E-state index contributed by atoms with van der Waals surface area (Å²) in [4.78, 5) is 0. The van der Waals surface area contributed by atoms with E-state index in [2.05, 4.69) is 37.0 Å². The lowest BCUT2D eigenvalue weighted by Gasteiger charge is -2.14. The molecule has 1 aromatic rings. The fourth-order valence-electron chi connectivity index (χ4n) is 2.06. The first kappa shape index (κ1) is 11.1. The second-order valence-corrected chi connectivity index (χ2v) is 5.78. The molecule has 1 fully saturated rings. The smallest absolute Gasteiger partial charge is 0.105 e. The number of rotatable bonds is 1. The van der Waals surface area contributed by atoms with E-state index in [1.807, 2.05) is 6.92 Å². The lowest BCUT2D eigenvalue weighted by atomic mass is 10.1. The van der Waals surface area contributed by atoms with Gasteiger partial charge in [0, 0.05) is 22.6 Å². The van der Waals surface area contributed by atoms with Crippen molar-refractivity contribution in [3.63, 3.8) is 0 Å². The molecule has 1 saturated heterocycles. The summed E-state index contributed by atoms with van der Waals surface area (Å²) in [6.07, 6.45) is 1.26. The predicted octanol–water partition coefficient (Wildman–Crippen LogP) is 3.05. The van der Waals surface area contributed by atoms with Crippen LogP contribution in [0.15, 0.2) is 10.5 Å². The predicted molar refractivity (Wildman–Crippen MR) is 65.5 cm³/mol. The van der Waals surface area contributed by atoms with Crippen LogP contribution in [-0.4, -0.2) is 17.5 Å². The highest BCUT2D eigenvalue weighted by Gasteiger charge is 2.20. The summed E-state index contributed by atoms with van der Waals surface area (Å²) >= 11 is 2.06. The zero-order valence-electron chi connectivity index (χ0n) is 9.67. The average Bonchev–Trinajstić information content (AvgIpc) is 2.39. The topological polar surface area (TPSA) is 25.2 Å². The first-order chi connectivity index (χ1) is 7.16. The monoisotopic (exact) mass is 225 g/mol. The molecule has 1 aromatic heterocycles. The maximum Gasteiger partial charge on any atom is 0.105 e. The standard InChI is InChI=1S/C12H19NOS/c1-8-6-11(10(3)14-8)12-7-15-9(2)4-5-13-12/h6,9,12-13H,4-5,7H2,1-3H3. The van der Waals surface area contributed by atoms with E-state index in [-0.39, 0.29) is 0 Å². The average molecular weight is 225 g/mol. The maximum atomic E-state index is 5.59. The molecule has 2 rings (SSSR count). The molecule has 0 aromatic carbocycles. The lowest BCUT2D eigenvalue weighted by Crippen LogP contribution is -2.22. The van der Waals surface area contributed by atoms with Gasteiger partial charge in [-0.15, -0.1) is 0 Å². The summed E-state index contributed by atoms with van der Waals surface area (Å²) in [5.74, 6) is 3.24. The van der Waals surface area contributed by atoms with Crippen LogP contribution in [0.4, 0.5) is 0 Å². The van der Waals surface area contributed by atoms with Crippen molar-refractivity contribution in [2.24, 2.45) is 0 Å². The van der Waals surface area contributed by atoms with Gasteiger partial charge in [0.1, 0.15) is 11.5 Å². The second-order valence-electron chi connectivity index (χ2n) is 4.31. The van der Waals surface area contributed by atoms with Gasteiger partial charge in [-0.05, 0) is 32.9 Å². The van der Waals surface area contributed by atoms with Crippen LogP contribution in [0.5, 0.6) is 0 Å². The molecule has 1 N–H and O–H groups in total. The van der Waals surface area contributed by atoms with E-state index in [4.69, 9.17) is 4.42 Å². The lowest BCUT2D eigenvalue weighted by molar-refractivity contribution is 0.491. The molecule has 3 heteroatoms.